The molecule has 23 heavy (non-hydrogen) atoms. The Hall–Kier alpha value is -2.30. The molecule has 3 nitrogen and oxygen atoms in total. The predicted molar refractivity (Wildman–Crippen MR) is 85.4 cm³/mol. The van der Waals surface area contributed by atoms with Crippen molar-refractivity contribution < 1.29 is 13.5 Å². The lowest BCUT2D eigenvalue weighted by Gasteiger charge is -2.16. The maximum Gasteiger partial charge on any atom is 0.397 e. The van der Waals surface area contributed by atoms with Crippen LogP contribution in [-0.2, 0) is 0 Å². The molecule has 3 rings (SSSR count). The largest absolute Gasteiger partial charge is 0.433 e. The standard InChI is InChI=1S/C18H18F2N2O/c1-2-18(19,20)23-16-9-7-13(8-10-16)14-5-3-4-6-17-15(11-14)12-21-22-17/h3,5,7-12,17H,2,4,6H2,1H3. The molecule has 0 saturated heterocycles. The summed E-state index contributed by atoms with van der Waals surface area (Å²) in [5.74, 6) is 0.166. The third kappa shape index (κ3) is 3.73. The minimum Gasteiger partial charge on any atom is -0.433 e. The Morgan fingerprint density at radius 1 is 1.26 bits per heavy atom. The average Bonchev–Trinajstić information content (AvgIpc) is 2.94. The van der Waals surface area contributed by atoms with E-state index < -0.39 is 6.11 Å². The lowest BCUT2D eigenvalue weighted by Crippen LogP contribution is -2.22. The molecule has 0 N–H and O–H groups in total. The summed E-state index contributed by atoms with van der Waals surface area (Å²) in [7, 11) is 0. The molecule has 0 spiro atoms. The van der Waals surface area contributed by atoms with Crippen molar-refractivity contribution >= 4 is 5.57 Å². The number of benzene rings is 1. The van der Waals surface area contributed by atoms with Crippen LogP contribution in [0.5, 0.6) is 5.75 Å². The van der Waals surface area contributed by atoms with Gasteiger partial charge in [0.15, 0.2) is 0 Å². The van der Waals surface area contributed by atoms with Gasteiger partial charge >= 0.3 is 6.11 Å². The van der Waals surface area contributed by atoms with E-state index in [1.54, 1.807) is 30.5 Å². The normalized spacial score (nSPS) is 20.4. The van der Waals surface area contributed by atoms with Crippen molar-refractivity contribution in [3.05, 3.63) is 59.8 Å². The summed E-state index contributed by atoms with van der Waals surface area (Å²) in [5.41, 5.74) is 3.05. The van der Waals surface area contributed by atoms with Crippen molar-refractivity contribution in [2.24, 2.45) is 10.2 Å². The van der Waals surface area contributed by atoms with Crippen molar-refractivity contribution in [3.63, 3.8) is 0 Å². The molecule has 1 aromatic rings. The Bertz CT molecular complexity index is 687. The van der Waals surface area contributed by atoms with E-state index in [2.05, 4.69) is 22.4 Å². The number of azo groups is 1. The molecule has 1 aliphatic carbocycles. The van der Waals surface area contributed by atoms with E-state index in [0.717, 1.165) is 29.6 Å². The zero-order chi connectivity index (χ0) is 16.3. The highest BCUT2D eigenvalue weighted by Crippen LogP contribution is 2.30. The third-order valence-electron chi connectivity index (χ3n) is 3.89. The van der Waals surface area contributed by atoms with Gasteiger partial charge in [-0.05, 0) is 47.8 Å². The Morgan fingerprint density at radius 3 is 2.78 bits per heavy atom. The molecule has 1 aliphatic heterocycles. The summed E-state index contributed by atoms with van der Waals surface area (Å²) < 4.78 is 31.2. The number of alkyl halides is 2. The second-order valence-electron chi connectivity index (χ2n) is 5.57. The van der Waals surface area contributed by atoms with Crippen LogP contribution in [0.3, 0.4) is 0 Å². The molecule has 0 fully saturated rings. The summed E-state index contributed by atoms with van der Waals surface area (Å²) in [6.07, 6.45) is 6.38. The number of hydrogen-bond acceptors (Lipinski definition) is 3. The van der Waals surface area contributed by atoms with E-state index in [1.165, 1.54) is 6.92 Å². The first-order valence-corrected chi connectivity index (χ1v) is 7.73. The first-order valence-electron chi connectivity index (χ1n) is 7.73. The molecule has 1 aromatic carbocycles. The summed E-state index contributed by atoms with van der Waals surface area (Å²) in [6.45, 7) is 1.39. The molecule has 1 unspecified atom stereocenters. The van der Waals surface area contributed by atoms with E-state index in [4.69, 9.17) is 4.74 Å². The Labute approximate surface area is 134 Å². The summed E-state index contributed by atoms with van der Waals surface area (Å²) >= 11 is 0. The molecule has 0 radical (unpaired) electrons. The highest BCUT2D eigenvalue weighted by atomic mass is 19.3. The van der Waals surface area contributed by atoms with Gasteiger partial charge in [0, 0.05) is 6.42 Å². The van der Waals surface area contributed by atoms with Crippen LogP contribution in [0.4, 0.5) is 8.78 Å². The van der Waals surface area contributed by atoms with E-state index in [0.29, 0.717) is 0 Å². The maximum atomic E-state index is 13.3. The molecule has 2 aliphatic rings. The predicted octanol–water partition coefficient (Wildman–Crippen LogP) is 5.52. The summed E-state index contributed by atoms with van der Waals surface area (Å²) in [6, 6.07) is 6.85. The second kappa shape index (κ2) is 6.44. The molecule has 0 aromatic heterocycles. The Kier molecular flexibility index (Phi) is 4.37. The van der Waals surface area contributed by atoms with Crippen LogP contribution in [0.1, 0.15) is 31.7 Å². The fourth-order valence-electron chi connectivity index (χ4n) is 2.52. The Balaban J connectivity index is 1.82. The van der Waals surface area contributed by atoms with Crippen molar-refractivity contribution in [3.8, 4) is 5.75 Å². The van der Waals surface area contributed by atoms with Crippen molar-refractivity contribution in [2.75, 3.05) is 0 Å². The monoisotopic (exact) mass is 316 g/mol. The van der Waals surface area contributed by atoms with Gasteiger partial charge in [0.05, 0.1) is 12.2 Å². The quantitative estimate of drug-likeness (QED) is 0.720. The Morgan fingerprint density at radius 2 is 2.04 bits per heavy atom. The van der Waals surface area contributed by atoms with Crippen LogP contribution in [0, 0.1) is 0 Å². The highest BCUT2D eigenvalue weighted by molar-refractivity contribution is 5.77. The summed E-state index contributed by atoms with van der Waals surface area (Å²) in [4.78, 5) is 0. The van der Waals surface area contributed by atoms with Gasteiger partial charge in [-0.2, -0.15) is 19.0 Å². The maximum absolute atomic E-state index is 13.3. The lowest BCUT2D eigenvalue weighted by molar-refractivity contribution is -0.177. The zero-order valence-electron chi connectivity index (χ0n) is 12.9. The van der Waals surface area contributed by atoms with Crippen molar-refractivity contribution in [1.29, 1.82) is 0 Å². The van der Waals surface area contributed by atoms with E-state index in [-0.39, 0.29) is 18.2 Å². The van der Waals surface area contributed by atoms with Crippen molar-refractivity contribution in [2.45, 2.75) is 38.3 Å². The number of hydrogen-bond donors (Lipinski definition) is 0. The minimum absolute atomic E-state index is 0.126. The number of fused-ring (bicyclic) bond motifs is 1. The number of rotatable bonds is 4. The van der Waals surface area contributed by atoms with E-state index >= 15 is 0 Å². The van der Waals surface area contributed by atoms with E-state index in [9.17, 15) is 8.78 Å². The average molecular weight is 316 g/mol. The molecule has 0 amide bonds. The number of nitrogens with zero attached hydrogens (tertiary/aromatic N) is 2. The number of halogens is 2. The SMILES string of the molecule is CCC(F)(F)Oc1ccc(C2=CC3=CN=NC3CCC=C2)cc1. The number of allylic oxidation sites excluding steroid dienone is 3. The first-order chi connectivity index (χ1) is 11.1. The summed E-state index contributed by atoms with van der Waals surface area (Å²) in [5, 5.41) is 8.19. The van der Waals surface area contributed by atoms with Gasteiger partial charge in [-0.3, -0.25) is 0 Å². The van der Waals surface area contributed by atoms with Gasteiger partial charge < -0.3 is 4.74 Å². The third-order valence-corrected chi connectivity index (χ3v) is 3.89. The fraction of sp³-hybridized carbons (Fsp3) is 0.333. The molecule has 0 bridgehead atoms. The van der Waals surface area contributed by atoms with Gasteiger partial charge in [0.1, 0.15) is 5.75 Å². The molecule has 1 heterocycles. The fourth-order valence-corrected chi connectivity index (χ4v) is 2.52. The van der Waals surface area contributed by atoms with Crippen LogP contribution in [0.15, 0.2) is 64.5 Å². The van der Waals surface area contributed by atoms with Crippen LogP contribution < -0.4 is 4.74 Å². The highest BCUT2D eigenvalue weighted by Gasteiger charge is 2.28. The molecular formula is C18H18F2N2O. The molecular weight excluding hydrogens is 298 g/mol. The zero-order valence-corrected chi connectivity index (χ0v) is 12.9. The van der Waals surface area contributed by atoms with Gasteiger partial charge in [-0.1, -0.05) is 31.2 Å². The van der Waals surface area contributed by atoms with Gasteiger partial charge in [-0.25, -0.2) is 0 Å². The molecule has 5 heteroatoms. The van der Waals surface area contributed by atoms with Gasteiger partial charge in [0.2, 0.25) is 0 Å². The van der Waals surface area contributed by atoms with Crippen LogP contribution in [0.25, 0.3) is 5.57 Å². The van der Waals surface area contributed by atoms with E-state index in [1.807, 2.05) is 6.08 Å². The lowest BCUT2D eigenvalue weighted by atomic mass is 9.95. The second-order valence-corrected chi connectivity index (χ2v) is 5.57. The minimum atomic E-state index is -3.13. The topological polar surface area (TPSA) is 34.0 Å². The van der Waals surface area contributed by atoms with Gasteiger partial charge in [0.25, 0.3) is 0 Å². The van der Waals surface area contributed by atoms with Crippen LogP contribution in [-0.4, -0.2) is 12.2 Å². The molecule has 0 saturated carbocycles. The number of ether oxygens (including phenoxy) is 1. The van der Waals surface area contributed by atoms with Gasteiger partial charge in [-0.15, -0.1) is 0 Å². The smallest absolute Gasteiger partial charge is 0.397 e. The van der Waals surface area contributed by atoms with Crippen LogP contribution in [0.2, 0.25) is 0 Å². The first kappa shape index (κ1) is 15.6. The molecule has 120 valence electrons. The van der Waals surface area contributed by atoms with Crippen LogP contribution >= 0.6 is 0 Å². The van der Waals surface area contributed by atoms with Crippen molar-refractivity contribution in [1.82, 2.24) is 0 Å². The molecule has 1 atom stereocenters.